The Labute approximate surface area is 127 Å². The molecular weight excluding hydrogens is 320 g/mol. The molecule has 0 amide bonds. The van der Waals surface area contributed by atoms with Crippen LogP contribution >= 0.6 is 27.3 Å². The van der Waals surface area contributed by atoms with Gasteiger partial charge in [-0.1, -0.05) is 19.1 Å². The van der Waals surface area contributed by atoms with Gasteiger partial charge in [-0.15, -0.1) is 11.3 Å². The standard InChI is InChI=1S/C15H19BrN2S/c1-2-7-18(10-15-8-13(16)11-19-15)9-12-3-5-14(17)6-4-12/h3-6,8,11H,2,7,9-10,17H2,1H3. The minimum atomic E-state index is 0.827. The van der Waals surface area contributed by atoms with E-state index in [1.807, 2.05) is 23.5 Å². The molecule has 2 N–H and O–H groups in total. The number of nitrogens with zero attached hydrogens (tertiary/aromatic N) is 1. The van der Waals surface area contributed by atoms with E-state index < -0.39 is 0 Å². The lowest BCUT2D eigenvalue weighted by molar-refractivity contribution is 0.259. The van der Waals surface area contributed by atoms with Crippen molar-refractivity contribution < 1.29 is 0 Å². The average Bonchev–Trinajstić information content (AvgIpc) is 2.78. The van der Waals surface area contributed by atoms with E-state index in [0.29, 0.717) is 0 Å². The predicted molar refractivity (Wildman–Crippen MR) is 87.3 cm³/mol. The maximum atomic E-state index is 5.73. The number of nitrogens with two attached hydrogens (primary N) is 1. The molecular formula is C15H19BrN2S. The first-order chi connectivity index (χ1) is 9.17. The highest BCUT2D eigenvalue weighted by Crippen LogP contribution is 2.22. The summed E-state index contributed by atoms with van der Waals surface area (Å²) in [6.45, 7) is 5.32. The summed E-state index contributed by atoms with van der Waals surface area (Å²) >= 11 is 5.32. The highest BCUT2D eigenvalue weighted by atomic mass is 79.9. The molecule has 1 aromatic heterocycles. The molecule has 0 aliphatic carbocycles. The zero-order valence-corrected chi connectivity index (χ0v) is 13.5. The van der Waals surface area contributed by atoms with Gasteiger partial charge in [0.1, 0.15) is 0 Å². The van der Waals surface area contributed by atoms with Gasteiger partial charge in [0.15, 0.2) is 0 Å². The Morgan fingerprint density at radius 3 is 2.53 bits per heavy atom. The van der Waals surface area contributed by atoms with E-state index in [0.717, 1.165) is 25.3 Å². The van der Waals surface area contributed by atoms with Crippen molar-refractivity contribution in [2.45, 2.75) is 26.4 Å². The van der Waals surface area contributed by atoms with E-state index in [-0.39, 0.29) is 0 Å². The fraction of sp³-hybridized carbons (Fsp3) is 0.333. The summed E-state index contributed by atoms with van der Waals surface area (Å²) in [4.78, 5) is 3.87. The van der Waals surface area contributed by atoms with Crippen LogP contribution in [0.4, 0.5) is 5.69 Å². The first-order valence-electron chi connectivity index (χ1n) is 6.47. The summed E-state index contributed by atoms with van der Waals surface area (Å²) in [5.41, 5.74) is 7.87. The van der Waals surface area contributed by atoms with E-state index in [9.17, 15) is 0 Å². The quantitative estimate of drug-likeness (QED) is 0.785. The molecule has 2 aromatic rings. The van der Waals surface area contributed by atoms with Gasteiger partial charge in [0, 0.05) is 33.5 Å². The average molecular weight is 339 g/mol. The van der Waals surface area contributed by atoms with Crippen molar-refractivity contribution in [2.75, 3.05) is 12.3 Å². The minimum Gasteiger partial charge on any atom is -0.399 e. The third-order valence-corrected chi connectivity index (χ3v) is 4.61. The fourth-order valence-electron chi connectivity index (χ4n) is 2.07. The smallest absolute Gasteiger partial charge is 0.0331 e. The SMILES string of the molecule is CCCN(Cc1ccc(N)cc1)Cc1cc(Br)cs1. The van der Waals surface area contributed by atoms with Crippen molar-refractivity contribution in [1.29, 1.82) is 0 Å². The lowest BCUT2D eigenvalue weighted by Gasteiger charge is -2.21. The number of nitrogen functional groups attached to an aromatic ring is 1. The van der Waals surface area contributed by atoms with Crippen molar-refractivity contribution in [3.8, 4) is 0 Å². The number of thiophene rings is 1. The lowest BCUT2D eigenvalue weighted by Crippen LogP contribution is -2.23. The van der Waals surface area contributed by atoms with Crippen LogP contribution in [0.1, 0.15) is 23.8 Å². The van der Waals surface area contributed by atoms with E-state index >= 15 is 0 Å². The largest absolute Gasteiger partial charge is 0.399 e. The van der Waals surface area contributed by atoms with Gasteiger partial charge >= 0.3 is 0 Å². The van der Waals surface area contributed by atoms with Gasteiger partial charge in [-0.05, 0) is 52.7 Å². The minimum absolute atomic E-state index is 0.827. The van der Waals surface area contributed by atoms with Gasteiger partial charge in [-0.25, -0.2) is 0 Å². The van der Waals surface area contributed by atoms with Crippen molar-refractivity contribution >= 4 is 33.0 Å². The fourth-order valence-corrected chi connectivity index (χ4v) is 3.56. The molecule has 0 saturated carbocycles. The highest BCUT2D eigenvalue weighted by molar-refractivity contribution is 9.10. The molecule has 2 nitrogen and oxygen atoms in total. The second-order valence-electron chi connectivity index (χ2n) is 4.68. The van der Waals surface area contributed by atoms with Crippen molar-refractivity contribution in [3.63, 3.8) is 0 Å². The molecule has 0 atom stereocenters. The van der Waals surface area contributed by atoms with Crippen LogP contribution in [0.5, 0.6) is 0 Å². The predicted octanol–water partition coefficient (Wildman–Crippen LogP) is 4.51. The van der Waals surface area contributed by atoms with Crippen molar-refractivity contribution in [3.05, 3.63) is 50.6 Å². The van der Waals surface area contributed by atoms with Crippen molar-refractivity contribution in [2.24, 2.45) is 0 Å². The van der Waals surface area contributed by atoms with E-state index in [1.165, 1.54) is 21.3 Å². The maximum Gasteiger partial charge on any atom is 0.0331 e. The summed E-state index contributed by atoms with van der Waals surface area (Å²) in [7, 11) is 0. The van der Waals surface area contributed by atoms with Crippen LogP contribution in [0, 0.1) is 0 Å². The number of hydrogen-bond donors (Lipinski definition) is 1. The molecule has 0 bridgehead atoms. The Balaban J connectivity index is 2.01. The molecule has 0 aliphatic rings. The van der Waals surface area contributed by atoms with E-state index in [1.54, 1.807) is 0 Å². The van der Waals surface area contributed by atoms with Gasteiger partial charge in [0.05, 0.1) is 0 Å². The molecule has 4 heteroatoms. The van der Waals surface area contributed by atoms with Crippen LogP contribution < -0.4 is 5.73 Å². The third kappa shape index (κ3) is 4.64. The highest BCUT2D eigenvalue weighted by Gasteiger charge is 2.08. The Morgan fingerprint density at radius 2 is 1.95 bits per heavy atom. The molecule has 2 rings (SSSR count). The monoisotopic (exact) mass is 338 g/mol. The number of benzene rings is 1. The molecule has 1 heterocycles. The van der Waals surface area contributed by atoms with Crippen LogP contribution in [0.25, 0.3) is 0 Å². The first kappa shape index (κ1) is 14.6. The van der Waals surface area contributed by atoms with Gasteiger partial charge in [-0.2, -0.15) is 0 Å². The Bertz CT molecular complexity index is 507. The summed E-state index contributed by atoms with van der Waals surface area (Å²) in [6.07, 6.45) is 1.17. The normalized spacial score (nSPS) is 11.1. The van der Waals surface area contributed by atoms with Gasteiger partial charge in [0.2, 0.25) is 0 Å². The Kier molecular flexibility index (Phi) is 5.43. The Morgan fingerprint density at radius 1 is 1.21 bits per heavy atom. The lowest BCUT2D eigenvalue weighted by atomic mass is 10.2. The Hall–Kier alpha value is -0.840. The number of rotatable bonds is 6. The molecule has 0 radical (unpaired) electrons. The van der Waals surface area contributed by atoms with Gasteiger partial charge < -0.3 is 5.73 Å². The maximum absolute atomic E-state index is 5.73. The third-order valence-electron chi connectivity index (χ3n) is 2.93. The molecule has 0 saturated heterocycles. The van der Waals surface area contributed by atoms with Gasteiger partial charge in [-0.3, -0.25) is 4.90 Å². The summed E-state index contributed by atoms with van der Waals surface area (Å²) in [6, 6.07) is 10.4. The summed E-state index contributed by atoms with van der Waals surface area (Å²) in [5.74, 6) is 0. The molecule has 102 valence electrons. The molecule has 0 spiro atoms. The van der Waals surface area contributed by atoms with Crippen LogP contribution in [0.2, 0.25) is 0 Å². The zero-order valence-electron chi connectivity index (χ0n) is 11.1. The molecule has 0 aliphatic heterocycles. The molecule has 0 unspecified atom stereocenters. The number of halogens is 1. The number of anilines is 1. The second kappa shape index (κ2) is 7.08. The van der Waals surface area contributed by atoms with Crippen LogP contribution in [0.15, 0.2) is 40.2 Å². The summed E-state index contributed by atoms with van der Waals surface area (Å²) in [5, 5.41) is 2.14. The molecule has 1 aromatic carbocycles. The molecule has 19 heavy (non-hydrogen) atoms. The topological polar surface area (TPSA) is 29.3 Å². The van der Waals surface area contributed by atoms with Crippen LogP contribution in [-0.4, -0.2) is 11.4 Å². The number of hydrogen-bond acceptors (Lipinski definition) is 3. The zero-order chi connectivity index (χ0) is 13.7. The second-order valence-corrected chi connectivity index (χ2v) is 6.59. The summed E-state index contributed by atoms with van der Waals surface area (Å²) < 4.78 is 1.18. The molecule has 0 fully saturated rings. The van der Waals surface area contributed by atoms with E-state index in [4.69, 9.17) is 5.73 Å². The van der Waals surface area contributed by atoms with Crippen LogP contribution in [0.3, 0.4) is 0 Å². The van der Waals surface area contributed by atoms with E-state index in [2.05, 4.69) is 51.3 Å². The van der Waals surface area contributed by atoms with Crippen LogP contribution in [-0.2, 0) is 13.1 Å². The van der Waals surface area contributed by atoms with Crippen molar-refractivity contribution in [1.82, 2.24) is 4.90 Å². The first-order valence-corrected chi connectivity index (χ1v) is 8.14. The van der Waals surface area contributed by atoms with Gasteiger partial charge in [0.25, 0.3) is 0 Å².